The van der Waals surface area contributed by atoms with Crippen LogP contribution in [0.1, 0.15) is 18.7 Å². The Morgan fingerprint density at radius 2 is 1.84 bits per heavy atom. The van der Waals surface area contributed by atoms with Gasteiger partial charge in [0.25, 0.3) is 15.9 Å². The maximum Gasteiger partial charge on any atom is 0.309 e. The molecule has 1 saturated heterocycles. The largest absolute Gasteiger partial charge is 0.497 e. The number of amides is 1. The van der Waals surface area contributed by atoms with Crippen LogP contribution in [0.4, 0.5) is 5.69 Å². The first-order chi connectivity index (χ1) is 14.7. The van der Waals surface area contributed by atoms with Gasteiger partial charge in [-0.05, 0) is 44.0 Å². The van der Waals surface area contributed by atoms with Crippen LogP contribution in [0.2, 0.25) is 0 Å². The van der Waals surface area contributed by atoms with Crippen LogP contribution in [0.3, 0.4) is 0 Å². The molecule has 1 aromatic heterocycles. The minimum absolute atomic E-state index is 0.00345. The molecule has 1 amide bonds. The molecule has 2 aromatic rings. The number of nitrogens with zero attached hydrogens (tertiary/aromatic N) is 3. The molecular formula is C20H26N4O6S. The third-order valence-electron chi connectivity index (χ3n) is 5.20. The Labute approximate surface area is 181 Å². The Morgan fingerprint density at radius 3 is 2.39 bits per heavy atom. The lowest BCUT2D eigenvalue weighted by Crippen LogP contribution is -2.41. The Bertz CT molecular complexity index is 1020. The highest BCUT2D eigenvalue weighted by atomic mass is 32.2. The SMILES string of the molecule is COc1ccc(NC(=O)COC(=O)C2CCN(S(=O)(=O)c3cn(C)c(C)n3)CC2)cc1. The van der Waals surface area contributed by atoms with Gasteiger partial charge >= 0.3 is 5.97 Å². The number of aromatic nitrogens is 2. The number of methoxy groups -OCH3 is 1. The number of piperidine rings is 1. The summed E-state index contributed by atoms with van der Waals surface area (Å²) in [6.07, 6.45) is 2.13. The number of anilines is 1. The summed E-state index contributed by atoms with van der Waals surface area (Å²) in [5.74, 6) is -0.147. The van der Waals surface area contributed by atoms with Crippen molar-refractivity contribution in [3.63, 3.8) is 0 Å². The highest BCUT2D eigenvalue weighted by molar-refractivity contribution is 7.89. The molecule has 3 rings (SSSR count). The van der Waals surface area contributed by atoms with Crippen molar-refractivity contribution in [1.29, 1.82) is 0 Å². The van der Waals surface area contributed by atoms with E-state index < -0.39 is 34.4 Å². The molecule has 1 aromatic carbocycles. The van der Waals surface area contributed by atoms with Crippen LogP contribution in [0.5, 0.6) is 5.75 Å². The Hall–Kier alpha value is -2.92. The van der Waals surface area contributed by atoms with Crippen molar-refractivity contribution in [1.82, 2.24) is 13.9 Å². The number of aryl methyl sites for hydroxylation is 2. The molecule has 1 N–H and O–H groups in total. The molecule has 0 atom stereocenters. The van der Waals surface area contributed by atoms with Crippen molar-refractivity contribution in [2.45, 2.75) is 24.8 Å². The topological polar surface area (TPSA) is 120 Å². The van der Waals surface area contributed by atoms with Gasteiger partial charge in [0, 0.05) is 32.0 Å². The third kappa shape index (κ3) is 5.42. The van der Waals surface area contributed by atoms with Crippen molar-refractivity contribution in [2.75, 3.05) is 32.1 Å². The van der Waals surface area contributed by atoms with Crippen molar-refractivity contribution in [2.24, 2.45) is 13.0 Å². The van der Waals surface area contributed by atoms with Gasteiger partial charge in [0.2, 0.25) is 0 Å². The summed E-state index contributed by atoms with van der Waals surface area (Å²) < 4.78 is 38.6. The molecule has 0 spiro atoms. The molecule has 0 unspecified atom stereocenters. The van der Waals surface area contributed by atoms with Crippen LogP contribution in [-0.2, 0) is 31.4 Å². The van der Waals surface area contributed by atoms with Crippen molar-refractivity contribution >= 4 is 27.6 Å². The number of rotatable bonds is 7. The van der Waals surface area contributed by atoms with Crippen molar-refractivity contribution in [3.8, 4) is 5.75 Å². The van der Waals surface area contributed by atoms with E-state index in [0.717, 1.165) is 0 Å². The predicted molar refractivity (Wildman–Crippen MR) is 112 cm³/mol. The molecule has 0 bridgehead atoms. The first kappa shape index (κ1) is 22.8. The van der Waals surface area contributed by atoms with E-state index in [4.69, 9.17) is 9.47 Å². The number of nitrogens with one attached hydrogen (secondary N) is 1. The van der Waals surface area contributed by atoms with Gasteiger partial charge in [0.05, 0.1) is 13.0 Å². The fraction of sp³-hybridized carbons (Fsp3) is 0.450. The molecule has 0 aliphatic carbocycles. The number of benzene rings is 1. The van der Waals surface area contributed by atoms with E-state index in [1.54, 1.807) is 49.9 Å². The number of sulfonamides is 1. The first-order valence-corrected chi connectivity index (χ1v) is 11.3. The van der Waals surface area contributed by atoms with Crippen molar-refractivity contribution < 1.29 is 27.5 Å². The van der Waals surface area contributed by atoms with E-state index in [0.29, 0.717) is 30.1 Å². The molecule has 0 saturated carbocycles. The van der Waals surface area contributed by atoms with E-state index in [2.05, 4.69) is 10.3 Å². The Balaban J connectivity index is 1.47. The van der Waals surface area contributed by atoms with Crippen LogP contribution < -0.4 is 10.1 Å². The number of esters is 1. The van der Waals surface area contributed by atoms with Gasteiger partial charge in [0.1, 0.15) is 11.6 Å². The van der Waals surface area contributed by atoms with Crippen molar-refractivity contribution in [3.05, 3.63) is 36.3 Å². The zero-order valence-electron chi connectivity index (χ0n) is 17.7. The lowest BCUT2D eigenvalue weighted by molar-refractivity contribution is -0.152. The lowest BCUT2D eigenvalue weighted by atomic mass is 9.98. The van der Waals surface area contributed by atoms with E-state index in [9.17, 15) is 18.0 Å². The predicted octanol–water partition coefficient (Wildman–Crippen LogP) is 1.32. The van der Waals surface area contributed by atoms with E-state index in [1.165, 1.54) is 10.5 Å². The van der Waals surface area contributed by atoms with Crippen LogP contribution in [-0.4, -0.2) is 61.0 Å². The third-order valence-corrected chi connectivity index (χ3v) is 6.97. The number of carbonyl (C=O) groups is 2. The second kappa shape index (κ2) is 9.48. The smallest absolute Gasteiger partial charge is 0.309 e. The quantitative estimate of drug-likeness (QED) is 0.632. The molecule has 10 nitrogen and oxygen atoms in total. The van der Waals surface area contributed by atoms with Crippen LogP contribution in [0.25, 0.3) is 0 Å². The van der Waals surface area contributed by atoms with E-state index >= 15 is 0 Å². The molecule has 2 heterocycles. The summed E-state index contributed by atoms with van der Waals surface area (Å²) in [7, 11) is -0.423. The summed E-state index contributed by atoms with van der Waals surface area (Å²) in [5, 5.41) is 2.64. The maximum absolute atomic E-state index is 12.7. The van der Waals surface area contributed by atoms with Crippen LogP contribution in [0, 0.1) is 12.8 Å². The molecule has 1 fully saturated rings. The summed E-state index contributed by atoms with van der Waals surface area (Å²) >= 11 is 0. The van der Waals surface area contributed by atoms with E-state index in [-0.39, 0.29) is 18.1 Å². The summed E-state index contributed by atoms with van der Waals surface area (Å²) in [5.41, 5.74) is 0.560. The average molecular weight is 451 g/mol. The molecule has 11 heteroatoms. The number of imidazole rings is 1. The lowest BCUT2D eigenvalue weighted by Gasteiger charge is -2.29. The van der Waals surface area contributed by atoms with Gasteiger partial charge in [-0.1, -0.05) is 0 Å². The summed E-state index contributed by atoms with van der Waals surface area (Å²) in [6, 6.07) is 6.76. The highest BCUT2D eigenvalue weighted by Gasteiger charge is 2.34. The Kier molecular flexibility index (Phi) is 6.96. The minimum Gasteiger partial charge on any atom is -0.497 e. The Morgan fingerprint density at radius 1 is 1.19 bits per heavy atom. The van der Waals surface area contributed by atoms with E-state index in [1.807, 2.05) is 0 Å². The fourth-order valence-electron chi connectivity index (χ4n) is 3.24. The highest BCUT2D eigenvalue weighted by Crippen LogP contribution is 2.24. The second-order valence-corrected chi connectivity index (χ2v) is 9.18. The van der Waals surface area contributed by atoms with Gasteiger partial charge < -0.3 is 19.4 Å². The number of carbonyl (C=O) groups excluding carboxylic acids is 2. The minimum atomic E-state index is -3.70. The zero-order valence-corrected chi connectivity index (χ0v) is 18.5. The van der Waals surface area contributed by atoms with Gasteiger partial charge in [-0.2, -0.15) is 4.31 Å². The molecule has 0 radical (unpaired) electrons. The zero-order chi connectivity index (χ0) is 22.6. The van der Waals surface area contributed by atoms with Gasteiger partial charge in [0.15, 0.2) is 11.6 Å². The summed E-state index contributed by atoms with van der Waals surface area (Å²) in [4.78, 5) is 28.4. The van der Waals surface area contributed by atoms with Gasteiger partial charge in [-0.3, -0.25) is 9.59 Å². The van der Waals surface area contributed by atoms with Gasteiger partial charge in [-0.15, -0.1) is 0 Å². The molecule has 168 valence electrons. The normalized spacial score (nSPS) is 15.5. The number of hydrogen-bond donors (Lipinski definition) is 1. The number of ether oxygens (including phenoxy) is 2. The maximum atomic E-state index is 12.7. The molecule has 1 aliphatic rings. The van der Waals surface area contributed by atoms with Crippen LogP contribution in [0.15, 0.2) is 35.5 Å². The number of hydrogen-bond acceptors (Lipinski definition) is 7. The molecule has 31 heavy (non-hydrogen) atoms. The second-order valence-electron chi connectivity index (χ2n) is 7.30. The molecular weight excluding hydrogens is 424 g/mol. The standard InChI is InChI=1S/C20H26N4O6S/c1-14-21-19(12-23(14)2)31(27,28)24-10-8-15(9-11-24)20(26)30-13-18(25)22-16-4-6-17(29-3)7-5-16/h4-7,12,15H,8-11,13H2,1-3H3,(H,22,25). The van der Waals surface area contributed by atoms with Gasteiger partial charge in [-0.25, -0.2) is 13.4 Å². The fourth-order valence-corrected chi connectivity index (χ4v) is 4.74. The monoisotopic (exact) mass is 450 g/mol. The first-order valence-electron chi connectivity index (χ1n) is 9.81. The average Bonchev–Trinajstić information content (AvgIpc) is 3.12. The van der Waals surface area contributed by atoms with Crippen LogP contribution >= 0.6 is 0 Å². The molecule has 1 aliphatic heterocycles. The summed E-state index contributed by atoms with van der Waals surface area (Å²) in [6.45, 7) is 1.70.